The standard InChI is InChI=1S/C42H79N3O6/c1-6-8-10-12-14-22-28-37-49-40(46)30-24-18-16-20-26-32-45(42(48)51-39-36-44(5)35-34-43(3)4)33-27-21-17-19-25-31-41(47)50-38-29-23-15-13-11-9-7-2/h22-23,28-29H,6-21,24-27,30-39H2,1-5H3/b28-22-,29-23-. The van der Waals surface area contributed by atoms with Crippen LogP contribution in [0.15, 0.2) is 24.3 Å². The minimum atomic E-state index is -0.230. The summed E-state index contributed by atoms with van der Waals surface area (Å²) >= 11 is 0. The van der Waals surface area contributed by atoms with E-state index in [-0.39, 0.29) is 18.0 Å². The molecule has 0 aromatic heterocycles. The van der Waals surface area contributed by atoms with E-state index >= 15 is 0 Å². The van der Waals surface area contributed by atoms with Gasteiger partial charge in [0.15, 0.2) is 0 Å². The zero-order valence-electron chi connectivity index (χ0n) is 33.8. The molecule has 0 aromatic carbocycles. The molecule has 298 valence electrons. The molecule has 0 aliphatic rings. The Labute approximate surface area is 313 Å². The summed E-state index contributed by atoms with van der Waals surface area (Å²) in [4.78, 5) is 43.3. The summed E-state index contributed by atoms with van der Waals surface area (Å²) in [6.45, 7) is 9.52. The van der Waals surface area contributed by atoms with Crippen LogP contribution < -0.4 is 0 Å². The first-order chi connectivity index (χ1) is 24.8. The van der Waals surface area contributed by atoms with Crippen molar-refractivity contribution in [3.63, 3.8) is 0 Å². The van der Waals surface area contributed by atoms with Gasteiger partial charge in [-0.1, -0.05) is 115 Å². The van der Waals surface area contributed by atoms with Crippen molar-refractivity contribution in [1.29, 1.82) is 0 Å². The molecule has 0 N–H and O–H groups in total. The Kier molecular flexibility index (Phi) is 35.6. The van der Waals surface area contributed by atoms with Gasteiger partial charge in [0.25, 0.3) is 0 Å². The lowest BCUT2D eigenvalue weighted by molar-refractivity contribution is -0.143. The third kappa shape index (κ3) is 35.8. The number of amides is 1. The van der Waals surface area contributed by atoms with Crippen LogP contribution in [0.4, 0.5) is 4.79 Å². The quantitative estimate of drug-likeness (QED) is 0.0274. The van der Waals surface area contributed by atoms with Gasteiger partial charge in [0.1, 0.15) is 19.8 Å². The van der Waals surface area contributed by atoms with Gasteiger partial charge < -0.3 is 28.9 Å². The number of hydrogen-bond acceptors (Lipinski definition) is 8. The lowest BCUT2D eigenvalue weighted by Gasteiger charge is -2.24. The molecule has 0 radical (unpaired) electrons. The summed E-state index contributed by atoms with van der Waals surface area (Å²) in [7, 11) is 6.16. The van der Waals surface area contributed by atoms with E-state index in [2.05, 4.69) is 56.9 Å². The van der Waals surface area contributed by atoms with Gasteiger partial charge in [-0.05, 0) is 72.5 Å². The van der Waals surface area contributed by atoms with E-state index in [4.69, 9.17) is 14.2 Å². The number of allylic oxidation sites excluding steroid dienone is 2. The Morgan fingerprint density at radius 1 is 0.471 bits per heavy atom. The van der Waals surface area contributed by atoms with Crippen molar-refractivity contribution < 1.29 is 28.6 Å². The summed E-state index contributed by atoms with van der Waals surface area (Å²) in [5, 5.41) is 0. The Balaban J connectivity index is 4.29. The van der Waals surface area contributed by atoms with Gasteiger partial charge in [-0.15, -0.1) is 0 Å². The van der Waals surface area contributed by atoms with Crippen molar-refractivity contribution in [2.24, 2.45) is 0 Å². The van der Waals surface area contributed by atoms with Crippen molar-refractivity contribution in [3.8, 4) is 0 Å². The fourth-order valence-electron chi connectivity index (χ4n) is 5.54. The number of rotatable bonds is 36. The summed E-state index contributed by atoms with van der Waals surface area (Å²) in [6, 6.07) is 0. The largest absolute Gasteiger partial charge is 0.461 e. The highest BCUT2D eigenvalue weighted by atomic mass is 16.6. The van der Waals surface area contributed by atoms with Crippen LogP contribution in [0.1, 0.15) is 155 Å². The van der Waals surface area contributed by atoms with Crippen LogP contribution in [-0.2, 0) is 23.8 Å². The molecule has 0 fully saturated rings. The molecule has 9 nitrogen and oxygen atoms in total. The second-order valence-electron chi connectivity index (χ2n) is 14.3. The van der Waals surface area contributed by atoms with Crippen LogP contribution in [0.5, 0.6) is 0 Å². The van der Waals surface area contributed by atoms with Gasteiger partial charge in [0, 0.05) is 45.6 Å². The minimum absolute atomic E-state index is 0.122. The van der Waals surface area contributed by atoms with E-state index in [1.807, 2.05) is 17.1 Å². The highest BCUT2D eigenvalue weighted by molar-refractivity contribution is 5.69. The number of carbonyl (C=O) groups is 3. The van der Waals surface area contributed by atoms with Crippen molar-refractivity contribution in [2.45, 2.75) is 155 Å². The zero-order valence-corrected chi connectivity index (χ0v) is 33.8. The van der Waals surface area contributed by atoms with E-state index in [1.54, 1.807) is 0 Å². The molecule has 0 aromatic rings. The summed E-state index contributed by atoms with van der Waals surface area (Å²) < 4.78 is 16.3. The van der Waals surface area contributed by atoms with E-state index in [9.17, 15) is 14.4 Å². The average molecular weight is 722 g/mol. The molecule has 0 bridgehead atoms. The van der Waals surface area contributed by atoms with Crippen LogP contribution in [0.2, 0.25) is 0 Å². The Morgan fingerprint density at radius 2 is 0.922 bits per heavy atom. The summed E-state index contributed by atoms with van der Waals surface area (Å²) in [6.07, 6.45) is 30.5. The summed E-state index contributed by atoms with van der Waals surface area (Å²) in [5.74, 6) is -0.244. The van der Waals surface area contributed by atoms with E-state index < -0.39 is 0 Å². The van der Waals surface area contributed by atoms with Crippen molar-refractivity contribution in [1.82, 2.24) is 14.7 Å². The number of ether oxygens (including phenoxy) is 3. The number of likely N-dealkylation sites (N-methyl/N-ethyl adjacent to an activating group) is 2. The smallest absolute Gasteiger partial charge is 0.409 e. The highest BCUT2D eigenvalue weighted by Gasteiger charge is 2.15. The highest BCUT2D eigenvalue weighted by Crippen LogP contribution is 2.11. The molecule has 0 rings (SSSR count). The molecule has 0 aliphatic heterocycles. The number of esters is 2. The molecular formula is C42H79N3O6. The average Bonchev–Trinajstić information content (AvgIpc) is 3.11. The van der Waals surface area contributed by atoms with Gasteiger partial charge >= 0.3 is 18.0 Å². The van der Waals surface area contributed by atoms with E-state index in [0.29, 0.717) is 52.3 Å². The van der Waals surface area contributed by atoms with Crippen molar-refractivity contribution in [2.75, 3.05) is 73.7 Å². The first-order valence-electron chi connectivity index (χ1n) is 20.7. The molecule has 0 aliphatic carbocycles. The van der Waals surface area contributed by atoms with Gasteiger partial charge in [0.05, 0.1) is 0 Å². The second-order valence-corrected chi connectivity index (χ2v) is 14.3. The molecule has 0 saturated carbocycles. The lowest BCUT2D eigenvalue weighted by Crippen LogP contribution is -2.36. The number of nitrogens with zero attached hydrogens (tertiary/aromatic N) is 3. The fraction of sp³-hybridized carbons (Fsp3) is 0.833. The molecular weight excluding hydrogens is 642 g/mol. The normalized spacial score (nSPS) is 11.7. The van der Waals surface area contributed by atoms with Gasteiger partial charge in [-0.25, -0.2) is 4.79 Å². The molecule has 9 heteroatoms. The SMILES string of the molecule is CCCCCC/C=C\COC(=O)CCCCCCCN(CCCCCCCC(=O)OC/C=C\CCCCCC)C(=O)OCCN(C)CCN(C)C. The Morgan fingerprint density at radius 3 is 1.39 bits per heavy atom. The number of carbonyl (C=O) groups excluding carboxylic acids is 3. The van der Waals surface area contributed by atoms with Crippen LogP contribution in [0.3, 0.4) is 0 Å². The molecule has 0 spiro atoms. The Hall–Kier alpha value is -2.39. The van der Waals surface area contributed by atoms with Gasteiger partial charge in [-0.3, -0.25) is 9.59 Å². The first kappa shape index (κ1) is 48.6. The number of unbranched alkanes of at least 4 members (excludes halogenated alkanes) is 16. The number of hydrogen-bond donors (Lipinski definition) is 0. The maximum atomic E-state index is 13.0. The molecule has 1 amide bonds. The van der Waals surface area contributed by atoms with Crippen molar-refractivity contribution >= 4 is 18.0 Å². The third-order valence-electron chi connectivity index (χ3n) is 8.97. The molecule has 0 unspecified atom stereocenters. The van der Waals surface area contributed by atoms with Crippen LogP contribution in [-0.4, -0.2) is 106 Å². The van der Waals surface area contributed by atoms with E-state index in [1.165, 1.54) is 51.4 Å². The fourth-order valence-corrected chi connectivity index (χ4v) is 5.54. The van der Waals surface area contributed by atoms with Crippen LogP contribution >= 0.6 is 0 Å². The van der Waals surface area contributed by atoms with Gasteiger partial charge in [0.2, 0.25) is 0 Å². The molecule has 51 heavy (non-hydrogen) atoms. The van der Waals surface area contributed by atoms with E-state index in [0.717, 1.165) is 90.1 Å². The first-order valence-corrected chi connectivity index (χ1v) is 20.7. The van der Waals surface area contributed by atoms with Gasteiger partial charge in [-0.2, -0.15) is 0 Å². The predicted molar refractivity (Wildman–Crippen MR) is 212 cm³/mol. The lowest BCUT2D eigenvalue weighted by atomic mass is 10.1. The second kappa shape index (κ2) is 37.4. The maximum Gasteiger partial charge on any atom is 0.409 e. The predicted octanol–water partition coefficient (Wildman–Crippen LogP) is 9.74. The monoisotopic (exact) mass is 722 g/mol. The summed E-state index contributed by atoms with van der Waals surface area (Å²) in [5.41, 5.74) is 0. The van der Waals surface area contributed by atoms with Crippen LogP contribution in [0, 0.1) is 0 Å². The maximum absolute atomic E-state index is 13.0. The zero-order chi connectivity index (χ0) is 37.6. The molecule has 0 atom stereocenters. The molecule has 0 heterocycles. The third-order valence-corrected chi connectivity index (χ3v) is 8.97. The van der Waals surface area contributed by atoms with Crippen molar-refractivity contribution in [3.05, 3.63) is 24.3 Å². The molecule has 0 saturated heterocycles. The minimum Gasteiger partial charge on any atom is -0.461 e. The topological polar surface area (TPSA) is 88.6 Å². The Bertz CT molecular complexity index is 827. The van der Waals surface area contributed by atoms with Crippen LogP contribution in [0.25, 0.3) is 0 Å².